The first-order valence-corrected chi connectivity index (χ1v) is 12.1. The smallest absolute Gasteiger partial charge is 0.410 e. The van der Waals surface area contributed by atoms with Crippen LogP contribution >= 0.6 is 0 Å². The lowest BCUT2D eigenvalue weighted by Gasteiger charge is -2.40. The standard InChI is InChI=1S/C26H38N2O4/c1-26(2,3)32-25(29)28-15-11-22(12-16-28)31-24-17-23(18-24)30-21-9-13-27(14-10-21)19-20-7-5-4-6-8-20/h4-9,22-24H,10-19H2,1-3H3/t23-,24-. The van der Waals surface area contributed by atoms with Gasteiger partial charge in [-0.05, 0) is 45.3 Å². The van der Waals surface area contributed by atoms with Gasteiger partial charge < -0.3 is 19.1 Å². The van der Waals surface area contributed by atoms with E-state index in [0.29, 0.717) is 13.1 Å². The highest BCUT2D eigenvalue weighted by molar-refractivity contribution is 5.68. The van der Waals surface area contributed by atoms with Crippen LogP contribution in [0.1, 0.15) is 58.4 Å². The lowest BCUT2D eigenvalue weighted by atomic mass is 9.91. The van der Waals surface area contributed by atoms with Crippen LogP contribution in [0, 0.1) is 0 Å². The summed E-state index contributed by atoms with van der Waals surface area (Å²) in [6.45, 7) is 10.1. The van der Waals surface area contributed by atoms with Crippen molar-refractivity contribution < 1.29 is 19.0 Å². The van der Waals surface area contributed by atoms with E-state index in [-0.39, 0.29) is 24.4 Å². The molecule has 1 saturated heterocycles. The molecule has 1 aliphatic carbocycles. The Morgan fingerprint density at radius 1 is 1.00 bits per heavy atom. The third kappa shape index (κ3) is 6.72. The van der Waals surface area contributed by atoms with E-state index in [2.05, 4.69) is 41.3 Å². The Morgan fingerprint density at radius 2 is 1.72 bits per heavy atom. The fourth-order valence-electron chi connectivity index (χ4n) is 4.50. The van der Waals surface area contributed by atoms with Gasteiger partial charge in [0.05, 0.1) is 18.0 Å². The Hall–Kier alpha value is -2.05. The number of hydrogen-bond acceptors (Lipinski definition) is 5. The van der Waals surface area contributed by atoms with Crippen LogP contribution in [-0.2, 0) is 20.8 Å². The fraction of sp³-hybridized carbons (Fsp3) is 0.654. The van der Waals surface area contributed by atoms with E-state index < -0.39 is 5.60 Å². The molecule has 6 nitrogen and oxygen atoms in total. The minimum Gasteiger partial charge on any atom is -0.495 e. The highest BCUT2D eigenvalue weighted by atomic mass is 16.6. The van der Waals surface area contributed by atoms with Crippen molar-refractivity contribution in [2.45, 2.75) is 83.3 Å². The molecule has 176 valence electrons. The van der Waals surface area contributed by atoms with Crippen molar-refractivity contribution in [3.63, 3.8) is 0 Å². The summed E-state index contributed by atoms with van der Waals surface area (Å²) < 4.78 is 18.0. The zero-order valence-corrected chi connectivity index (χ0v) is 19.8. The first-order valence-electron chi connectivity index (χ1n) is 12.1. The summed E-state index contributed by atoms with van der Waals surface area (Å²) in [5, 5.41) is 0. The van der Waals surface area contributed by atoms with Crippen molar-refractivity contribution in [1.82, 2.24) is 9.80 Å². The largest absolute Gasteiger partial charge is 0.495 e. The van der Waals surface area contributed by atoms with E-state index in [1.807, 2.05) is 20.8 Å². The number of benzene rings is 1. The van der Waals surface area contributed by atoms with Crippen LogP contribution in [0.25, 0.3) is 0 Å². The van der Waals surface area contributed by atoms with Gasteiger partial charge in [0.1, 0.15) is 11.7 Å². The van der Waals surface area contributed by atoms with Crippen LogP contribution in [-0.4, -0.2) is 66.0 Å². The molecule has 1 aromatic rings. The van der Waals surface area contributed by atoms with Gasteiger partial charge in [-0.15, -0.1) is 0 Å². The first kappa shape index (κ1) is 23.1. The minimum atomic E-state index is -0.445. The average Bonchev–Trinajstić information content (AvgIpc) is 2.73. The lowest BCUT2D eigenvalue weighted by Crippen LogP contribution is -2.46. The molecule has 0 aromatic heterocycles. The van der Waals surface area contributed by atoms with Crippen LogP contribution in [0.2, 0.25) is 0 Å². The third-order valence-corrected chi connectivity index (χ3v) is 6.35. The molecular weight excluding hydrogens is 404 g/mol. The summed E-state index contributed by atoms with van der Waals surface area (Å²) in [6.07, 6.45) is 7.52. The summed E-state index contributed by atoms with van der Waals surface area (Å²) >= 11 is 0. The number of nitrogens with zero attached hydrogens (tertiary/aromatic N) is 2. The summed E-state index contributed by atoms with van der Waals surface area (Å²) in [5.41, 5.74) is 0.917. The Bertz CT molecular complexity index is 775. The van der Waals surface area contributed by atoms with Crippen molar-refractivity contribution >= 4 is 6.09 Å². The van der Waals surface area contributed by atoms with Crippen LogP contribution in [0.15, 0.2) is 42.2 Å². The second-order valence-corrected chi connectivity index (χ2v) is 10.3. The molecule has 2 aliphatic heterocycles. The van der Waals surface area contributed by atoms with E-state index in [0.717, 1.165) is 57.5 Å². The van der Waals surface area contributed by atoms with E-state index in [1.54, 1.807) is 4.90 Å². The second-order valence-electron chi connectivity index (χ2n) is 10.3. The molecule has 0 spiro atoms. The number of hydrogen-bond donors (Lipinski definition) is 0. The Labute approximate surface area is 192 Å². The SMILES string of the molecule is CC(C)(C)OC(=O)N1CCC(O[C@H]2C[C@H](OC3=CCN(Cc4ccccc4)CC3)C2)CC1. The van der Waals surface area contributed by atoms with Gasteiger partial charge in [0.25, 0.3) is 0 Å². The van der Waals surface area contributed by atoms with E-state index in [9.17, 15) is 4.79 Å². The molecule has 1 aromatic carbocycles. The quantitative estimate of drug-likeness (QED) is 0.637. The Morgan fingerprint density at radius 3 is 2.34 bits per heavy atom. The summed E-state index contributed by atoms with van der Waals surface area (Å²) in [5.74, 6) is 1.14. The number of carbonyl (C=O) groups is 1. The zero-order valence-electron chi connectivity index (χ0n) is 19.8. The lowest BCUT2D eigenvalue weighted by molar-refractivity contribution is -0.124. The normalized spacial score (nSPS) is 25.1. The number of piperidine rings is 1. The van der Waals surface area contributed by atoms with Gasteiger partial charge >= 0.3 is 6.09 Å². The second kappa shape index (κ2) is 10.3. The number of carbonyl (C=O) groups excluding carboxylic acids is 1. The molecule has 32 heavy (non-hydrogen) atoms. The molecule has 2 heterocycles. The van der Waals surface area contributed by atoms with Gasteiger partial charge in [0, 0.05) is 52.0 Å². The molecule has 2 fully saturated rings. The molecule has 0 N–H and O–H groups in total. The fourth-order valence-corrected chi connectivity index (χ4v) is 4.50. The van der Waals surface area contributed by atoms with Crippen molar-refractivity contribution in [2.24, 2.45) is 0 Å². The van der Waals surface area contributed by atoms with Gasteiger partial charge in [-0.3, -0.25) is 4.90 Å². The van der Waals surface area contributed by atoms with Gasteiger partial charge in [-0.25, -0.2) is 4.79 Å². The van der Waals surface area contributed by atoms with Crippen molar-refractivity contribution in [2.75, 3.05) is 26.2 Å². The molecule has 0 atom stereocenters. The number of rotatable bonds is 6. The van der Waals surface area contributed by atoms with Crippen molar-refractivity contribution in [3.05, 3.63) is 47.7 Å². The molecule has 0 radical (unpaired) electrons. The van der Waals surface area contributed by atoms with E-state index in [4.69, 9.17) is 14.2 Å². The number of ether oxygens (including phenoxy) is 3. The molecule has 3 aliphatic rings. The van der Waals surface area contributed by atoms with Crippen LogP contribution in [0.4, 0.5) is 4.79 Å². The molecule has 4 rings (SSSR count). The average molecular weight is 443 g/mol. The van der Waals surface area contributed by atoms with E-state index in [1.165, 1.54) is 5.56 Å². The van der Waals surface area contributed by atoms with Gasteiger partial charge in [0.15, 0.2) is 0 Å². The molecule has 1 amide bonds. The van der Waals surface area contributed by atoms with Gasteiger partial charge in [0.2, 0.25) is 0 Å². The predicted octanol–water partition coefficient (Wildman–Crippen LogP) is 4.74. The highest BCUT2D eigenvalue weighted by Crippen LogP contribution is 2.32. The Kier molecular flexibility index (Phi) is 7.41. The summed E-state index contributed by atoms with van der Waals surface area (Å²) in [6, 6.07) is 10.6. The molecule has 0 bridgehead atoms. The first-order chi connectivity index (χ1) is 15.3. The molecule has 0 unspecified atom stereocenters. The third-order valence-electron chi connectivity index (χ3n) is 6.35. The van der Waals surface area contributed by atoms with Crippen molar-refractivity contribution in [1.29, 1.82) is 0 Å². The number of amides is 1. The predicted molar refractivity (Wildman–Crippen MR) is 124 cm³/mol. The van der Waals surface area contributed by atoms with Gasteiger partial charge in [-0.2, -0.15) is 0 Å². The van der Waals surface area contributed by atoms with Crippen LogP contribution in [0.5, 0.6) is 0 Å². The maximum absolute atomic E-state index is 12.2. The monoisotopic (exact) mass is 442 g/mol. The van der Waals surface area contributed by atoms with E-state index >= 15 is 0 Å². The molecule has 6 heteroatoms. The number of likely N-dealkylation sites (tertiary alicyclic amines) is 1. The van der Waals surface area contributed by atoms with Crippen molar-refractivity contribution in [3.8, 4) is 0 Å². The summed E-state index contributed by atoms with van der Waals surface area (Å²) in [7, 11) is 0. The van der Waals surface area contributed by atoms with Gasteiger partial charge in [-0.1, -0.05) is 30.3 Å². The summed E-state index contributed by atoms with van der Waals surface area (Å²) in [4.78, 5) is 16.4. The van der Waals surface area contributed by atoms with Crippen LogP contribution in [0.3, 0.4) is 0 Å². The maximum atomic E-state index is 12.2. The topological polar surface area (TPSA) is 51.2 Å². The zero-order chi connectivity index (χ0) is 22.6. The van der Waals surface area contributed by atoms with Crippen LogP contribution < -0.4 is 0 Å². The molecular formula is C26H38N2O4. The Balaban J connectivity index is 1.10. The minimum absolute atomic E-state index is 0.212. The maximum Gasteiger partial charge on any atom is 0.410 e. The molecule has 1 saturated carbocycles. The highest BCUT2D eigenvalue weighted by Gasteiger charge is 2.36.